The zero-order valence-corrected chi connectivity index (χ0v) is 13.8. The quantitative estimate of drug-likeness (QED) is 0.817. The highest BCUT2D eigenvalue weighted by molar-refractivity contribution is 4.91. The molecular weight excluding hydrogens is 260 g/mol. The summed E-state index contributed by atoms with van der Waals surface area (Å²) in [5.41, 5.74) is 0. The van der Waals surface area contributed by atoms with E-state index in [1.54, 1.807) is 0 Å². The molecule has 1 aliphatic carbocycles. The molecule has 122 valence electrons. The predicted molar refractivity (Wildman–Crippen MR) is 87.5 cm³/mol. The first-order valence-corrected chi connectivity index (χ1v) is 9.47. The topological polar surface area (TPSA) is 33.3 Å². The third-order valence-electron chi connectivity index (χ3n) is 6.08. The third kappa shape index (κ3) is 4.00. The molecule has 3 heteroatoms. The predicted octanol–water partition coefficient (Wildman–Crippen LogP) is 3.09. The molecule has 3 fully saturated rings. The smallest absolute Gasteiger partial charge is 0.0613 e. The van der Waals surface area contributed by atoms with E-state index in [0.717, 1.165) is 30.5 Å². The SMILES string of the molecule is CCC1OCCC1CNC1CCCCC1C1CCCCN1. The van der Waals surface area contributed by atoms with Gasteiger partial charge < -0.3 is 15.4 Å². The lowest BCUT2D eigenvalue weighted by molar-refractivity contribution is 0.0841. The van der Waals surface area contributed by atoms with Crippen LogP contribution in [0, 0.1) is 11.8 Å². The van der Waals surface area contributed by atoms with Crippen molar-refractivity contribution >= 4 is 0 Å². The van der Waals surface area contributed by atoms with Crippen molar-refractivity contribution in [3.63, 3.8) is 0 Å². The molecule has 0 aromatic heterocycles. The summed E-state index contributed by atoms with van der Waals surface area (Å²) >= 11 is 0. The zero-order chi connectivity index (χ0) is 14.5. The van der Waals surface area contributed by atoms with Crippen molar-refractivity contribution in [3.8, 4) is 0 Å². The van der Waals surface area contributed by atoms with E-state index in [1.165, 1.54) is 70.9 Å². The highest BCUT2D eigenvalue weighted by Gasteiger charge is 2.34. The molecular formula is C18H34N2O. The Bertz CT molecular complexity index is 304. The number of rotatable bonds is 5. The van der Waals surface area contributed by atoms with Crippen LogP contribution in [0.15, 0.2) is 0 Å². The largest absolute Gasteiger partial charge is 0.378 e. The fraction of sp³-hybridized carbons (Fsp3) is 1.00. The lowest BCUT2D eigenvalue weighted by Gasteiger charge is -2.40. The van der Waals surface area contributed by atoms with E-state index in [-0.39, 0.29) is 0 Å². The molecule has 1 saturated carbocycles. The number of nitrogens with one attached hydrogen (secondary N) is 2. The number of ether oxygens (including phenoxy) is 1. The molecule has 0 aromatic rings. The van der Waals surface area contributed by atoms with Crippen LogP contribution >= 0.6 is 0 Å². The van der Waals surface area contributed by atoms with Gasteiger partial charge >= 0.3 is 0 Å². The number of piperidine rings is 1. The zero-order valence-electron chi connectivity index (χ0n) is 13.8. The second-order valence-electron chi connectivity index (χ2n) is 7.39. The maximum absolute atomic E-state index is 5.85. The molecule has 0 radical (unpaired) electrons. The molecule has 2 N–H and O–H groups in total. The molecule has 21 heavy (non-hydrogen) atoms. The molecule has 3 nitrogen and oxygen atoms in total. The van der Waals surface area contributed by atoms with Gasteiger partial charge in [0.2, 0.25) is 0 Å². The van der Waals surface area contributed by atoms with Gasteiger partial charge in [-0.3, -0.25) is 0 Å². The lowest BCUT2D eigenvalue weighted by atomic mass is 9.77. The average molecular weight is 294 g/mol. The summed E-state index contributed by atoms with van der Waals surface area (Å²) in [6, 6.07) is 1.52. The minimum atomic E-state index is 0.507. The van der Waals surface area contributed by atoms with Crippen LogP contribution in [-0.4, -0.2) is 37.9 Å². The fourth-order valence-corrected chi connectivity index (χ4v) is 4.82. The Morgan fingerprint density at radius 2 is 1.90 bits per heavy atom. The minimum absolute atomic E-state index is 0.507. The first-order chi connectivity index (χ1) is 10.4. The first-order valence-electron chi connectivity index (χ1n) is 9.47. The van der Waals surface area contributed by atoms with E-state index >= 15 is 0 Å². The molecule has 0 amide bonds. The van der Waals surface area contributed by atoms with Gasteiger partial charge in [0.25, 0.3) is 0 Å². The van der Waals surface area contributed by atoms with E-state index in [1.807, 2.05) is 0 Å². The normalized spacial score (nSPS) is 41.3. The fourth-order valence-electron chi connectivity index (χ4n) is 4.82. The van der Waals surface area contributed by atoms with Gasteiger partial charge in [0, 0.05) is 25.2 Å². The molecule has 2 saturated heterocycles. The highest BCUT2D eigenvalue weighted by Crippen LogP contribution is 2.31. The summed E-state index contributed by atoms with van der Waals surface area (Å²) in [6.07, 6.45) is 12.8. The second kappa shape index (κ2) is 7.94. The maximum atomic E-state index is 5.85. The van der Waals surface area contributed by atoms with Crippen LogP contribution in [0.1, 0.15) is 64.7 Å². The Labute approximate surface area is 130 Å². The van der Waals surface area contributed by atoms with Crippen LogP contribution in [0.2, 0.25) is 0 Å². The van der Waals surface area contributed by atoms with Crippen molar-refractivity contribution in [2.24, 2.45) is 11.8 Å². The van der Waals surface area contributed by atoms with Gasteiger partial charge in [0.15, 0.2) is 0 Å². The Kier molecular flexibility index (Phi) is 5.96. The summed E-state index contributed by atoms with van der Waals surface area (Å²) < 4.78 is 5.85. The van der Waals surface area contributed by atoms with Gasteiger partial charge in [-0.15, -0.1) is 0 Å². The van der Waals surface area contributed by atoms with Gasteiger partial charge in [-0.2, -0.15) is 0 Å². The van der Waals surface area contributed by atoms with Gasteiger partial charge in [0.05, 0.1) is 6.10 Å². The van der Waals surface area contributed by atoms with E-state index in [2.05, 4.69) is 17.6 Å². The standard InChI is InChI=1S/C18H34N2O/c1-2-18-14(10-12-21-18)13-20-17-8-4-3-7-15(17)16-9-5-6-11-19-16/h14-20H,2-13H2,1H3. The van der Waals surface area contributed by atoms with Crippen molar-refractivity contribution < 1.29 is 4.74 Å². The molecule has 0 aromatic carbocycles. The summed E-state index contributed by atoms with van der Waals surface area (Å²) in [7, 11) is 0. The molecule has 0 bridgehead atoms. The molecule has 5 unspecified atom stereocenters. The average Bonchev–Trinajstić information content (AvgIpc) is 3.01. The van der Waals surface area contributed by atoms with Gasteiger partial charge in [-0.05, 0) is 56.9 Å². The summed E-state index contributed by atoms with van der Waals surface area (Å²) in [4.78, 5) is 0. The molecule has 3 rings (SSSR count). The lowest BCUT2D eigenvalue weighted by Crippen LogP contribution is -2.51. The van der Waals surface area contributed by atoms with E-state index < -0.39 is 0 Å². The monoisotopic (exact) mass is 294 g/mol. The van der Waals surface area contributed by atoms with Crippen molar-refractivity contribution in [1.82, 2.24) is 10.6 Å². The summed E-state index contributed by atoms with van der Waals surface area (Å²) in [5.74, 6) is 1.61. The van der Waals surface area contributed by atoms with E-state index in [0.29, 0.717) is 6.10 Å². The number of hydrogen-bond donors (Lipinski definition) is 2. The van der Waals surface area contributed by atoms with Crippen molar-refractivity contribution in [2.45, 2.75) is 82.9 Å². The first kappa shape index (κ1) is 15.8. The molecule has 2 heterocycles. The molecule has 2 aliphatic heterocycles. The Morgan fingerprint density at radius 3 is 2.71 bits per heavy atom. The molecule has 0 spiro atoms. The van der Waals surface area contributed by atoms with E-state index in [9.17, 15) is 0 Å². The Morgan fingerprint density at radius 1 is 1.05 bits per heavy atom. The number of hydrogen-bond acceptors (Lipinski definition) is 3. The summed E-state index contributed by atoms with van der Waals surface area (Å²) in [6.45, 7) is 5.65. The third-order valence-corrected chi connectivity index (χ3v) is 6.08. The van der Waals surface area contributed by atoms with Crippen LogP contribution in [-0.2, 0) is 4.74 Å². The summed E-state index contributed by atoms with van der Waals surface area (Å²) in [5, 5.41) is 7.76. The maximum Gasteiger partial charge on any atom is 0.0613 e. The highest BCUT2D eigenvalue weighted by atomic mass is 16.5. The van der Waals surface area contributed by atoms with Crippen molar-refractivity contribution in [3.05, 3.63) is 0 Å². The second-order valence-corrected chi connectivity index (χ2v) is 7.39. The Balaban J connectivity index is 1.51. The van der Waals surface area contributed by atoms with Crippen molar-refractivity contribution in [1.29, 1.82) is 0 Å². The Hall–Kier alpha value is -0.120. The van der Waals surface area contributed by atoms with E-state index in [4.69, 9.17) is 4.74 Å². The van der Waals surface area contributed by atoms with Crippen LogP contribution < -0.4 is 10.6 Å². The molecule has 5 atom stereocenters. The van der Waals surface area contributed by atoms with Crippen molar-refractivity contribution in [2.75, 3.05) is 19.7 Å². The van der Waals surface area contributed by atoms with Crippen LogP contribution in [0.4, 0.5) is 0 Å². The minimum Gasteiger partial charge on any atom is -0.378 e. The van der Waals surface area contributed by atoms with Crippen LogP contribution in [0.5, 0.6) is 0 Å². The van der Waals surface area contributed by atoms with Gasteiger partial charge in [0.1, 0.15) is 0 Å². The van der Waals surface area contributed by atoms with Crippen LogP contribution in [0.3, 0.4) is 0 Å². The van der Waals surface area contributed by atoms with Gasteiger partial charge in [-0.25, -0.2) is 0 Å². The van der Waals surface area contributed by atoms with Crippen LogP contribution in [0.25, 0.3) is 0 Å². The van der Waals surface area contributed by atoms with Gasteiger partial charge in [-0.1, -0.05) is 26.2 Å². The molecule has 3 aliphatic rings.